The summed E-state index contributed by atoms with van der Waals surface area (Å²) in [5.74, 6) is 0.673. The van der Waals surface area contributed by atoms with Gasteiger partial charge in [-0.2, -0.15) is 12.6 Å². The number of nitrogens with one attached hydrogen (secondary N) is 1. The number of furan rings is 1. The van der Waals surface area contributed by atoms with Gasteiger partial charge in [0, 0.05) is 29.8 Å². The molecule has 1 aromatic carbocycles. The van der Waals surface area contributed by atoms with E-state index in [0.717, 1.165) is 16.5 Å². The number of hydrogen-bond donors (Lipinski definition) is 2. The van der Waals surface area contributed by atoms with Gasteiger partial charge in [-0.05, 0) is 6.07 Å². The predicted octanol–water partition coefficient (Wildman–Crippen LogP) is 2.43. The third-order valence-corrected chi connectivity index (χ3v) is 3.44. The molecule has 2 heterocycles. The molecule has 1 fully saturated rings. The van der Waals surface area contributed by atoms with Crippen LogP contribution in [0.3, 0.4) is 0 Å². The summed E-state index contributed by atoms with van der Waals surface area (Å²) in [7, 11) is 0. The van der Waals surface area contributed by atoms with Gasteiger partial charge in [-0.15, -0.1) is 0 Å². The minimum Gasteiger partial charge on any atom is -0.464 e. The van der Waals surface area contributed by atoms with Crippen molar-refractivity contribution in [1.82, 2.24) is 10.2 Å². The quantitative estimate of drug-likeness (QED) is 0.834. The van der Waals surface area contributed by atoms with Crippen LogP contribution in [0.15, 0.2) is 34.9 Å². The second kappa shape index (κ2) is 4.57. The van der Waals surface area contributed by atoms with Crippen molar-refractivity contribution in [1.29, 1.82) is 0 Å². The van der Waals surface area contributed by atoms with Gasteiger partial charge < -0.3 is 14.6 Å². The molecule has 18 heavy (non-hydrogen) atoms. The fourth-order valence-corrected chi connectivity index (χ4v) is 2.59. The second-order valence-electron chi connectivity index (χ2n) is 4.36. The highest BCUT2D eigenvalue weighted by atomic mass is 32.1. The lowest BCUT2D eigenvalue weighted by Crippen LogP contribution is -2.29. The first-order valence-electron chi connectivity index (χ1n) is 5.92. The lowest BCUT2D eigenvalue weighted by Gasteiger charge is -2.12. The van der Waals surface area contributed by atoms with E-state index in [4.69, 9.17) is 4.42 Å². The predicted molar refractivity (Wildman–Crippen MR) is 72.9 cm³/mol. The van der Waals surface area contributed by atoms with Gasteiger partial charge in [-0.3, -0.25) is 0 Å². The van der Waals surface area contributed by atoms with Crippen LogP contribution in [0.1, 0.15) is 11.6 Å². The Morgan fingerprint density at radius 2 is 2.28 bits per heavy atom. The molecule has 94 valence electrons. The number of carbonyl (C=O) groups is 1. The summed E-state index contributed by atoms with van der Waals surface area (Å²) in [4.78, 5) is 13.5. The van der Waals surface area contributed by atoms with Crippen molar-refractivity contribution in [3.05, 3.63) is 36.1 Å². The van der Waals surface area contributed by atoms with Gasteiger partial charge in [0.05, 0.1) is 12.3 Å². The Balaban J connectivity index is 1.90. The van der Waals surface area contributed by atoms with Crippen LogP contribution < -0.4 is 5.32 Å². The first-order valence-corrected chi connectivity index (χ1v) is 6.55. The Morgan fingerprint density at radius 3 is 3.11 bits per heavy atom. The van der Waals surface area contributed by atoms with E-state index in [1.54, 1.807) is 11.2 Å². The Kier molecular flexibility index (Phi) is 2.91. The van der Waals surface area contributed by atoms with E-state index in [1.165, 1.54) is 0 Å². The molecule has 5 heteroatoms. The lowest BCUT2D eigenvalue weighted by molar-refractivity contribution is 0.220. The highest BCUT2D eigenvalue weighted by molar-refractivity contribution is 7.80. The van der Waals surface area contributed by atoms with Gasteiger partial charge >= 0.3 is 6.03 Å². The van der Waals surface area contributed by atoms with E-state index < -0.39 is 0 Å². The molecule has 2 aromatic rings. The zero-order valence-electron chi connectivity index (χ0n) is 9.80. The number of rotatable bonds is 3. The van der Waals surface area contributed by atoms with Crippen LogP contribution in [-0.2, 0) is 0 Å². The van der Waals surface area contributed by atoms with Gasteiger partial charge in [0.25, 0.3) is 0 Å². The Bertz CT molecular complexity index is 581. The third kappa shape index (κ3) is 1.84. The number of para-hydroxylation sites is 1. The monoisotopic (exact) mass is 262 g/mol. The Labute approximate surface area is 110 Å². The first kappa shape index (κ1) is 11.5. The Hall–Kier alpha value is -1.62. The minimum absolute atomic E-state index is 0.000957. The molecule has 1 aliphatic rings. The van der Waals surface area contributed by atoms with Crippen molar-refractivity contribution in [3.63, 3.8) is 0 Å². The van der Waals surface area contributed by atoms with E-state index >= 15 is 0 Å². The summed E-state index contributed by atoms with van der Waals surface area (Å²) in [5, 5.41) is 4.04. The standard InChI is InChI=1S/C13H14N2O2S/c16-13-14-11(7-15(13)5-6-18)10-8-17-12-4-2-1-3-9(10)12/h1-4,8,11,18H,5-7H2,(H,14,16). The lowest BCUT2D eigenvalue weighted by atomic mass is 10.1. The number of nitrogens with zero attached hydrogens (tertiary/aromatic N) is 1. The zero-order valence-corrected chi connectivity index (χ0v) is 10.7. The van der Waals surface area contributed by atoms with E-state index in [2.05, 4.69) is 17.9 Å². The summed E-state index contributed by atoms with van der Waals surface area (Å²) >= 11 is 4.16. The van der Waals surface area contributed by atoms with Crippen molar-refractivity contribution >= 4 is 29.6 Å². The molecule has 1 unspecified atom stereocenters. The summed E-state index contributed by atoms with van der Waals surface area (Å²) < 4.78 is 5.51. The molecule has 2 amide bonds. The van der Waals surface area contributed by atoms with E-state index in [0.29, 0.717) is 18.8 Å². The minimum atomic E-state index is -0.0284. The topological polar surface area (TPSA) is 45.5 Å². The molecule has 0 spiro atoms. The van der Waals surface area contributed by atoms with Gasteiger partial charge in [0.15, 0.2) is 0 Å². The smallest absolute Gasteiger partial charge is 0.318 e. The number of thiol groups is 1. The van der Waals surface area contributed by atoms with Crippen LogP contribution in [0, 0.1) is 0 Å². The maximum atomic E-state index is 11.8. The number of hydrogen-bond acceptors (Lipinski definition) is 3. The highest BCUT2D eigenvalue weighted by Gasteiger charge is 2.30. The van der Waals surface area contributed by atoms with Crippen molar-refractivity contribution in [3.8, 4) is 0 Å². The number of fused-ring (bicyclic) bond motifs is 1. The van der Waals surface area contributed by atoms with E-state index in [1.807, 2.05) is 24.3 Å². The van der Waals surface area contributed by atoms with Gasteiger partial charge in [-0.25, -0.2) is 4.79 Å². The average Bonchev–Trinajstić information content (AvgIpc) is 2.94. The molecule has 0 aliphatic carbocycles. The van der Waals surface area contributed by atoms with Crippen LogP contribution in [0.25, 0.3) is 11.0 Å². The summed E-state index contributed by atoms with van der Waals surface area (Å²) in [6.45, 7) is 1.34. The third-order valence-electron chi connectivity index (χ3n) is 3.24. The summed E-state index contributed by atoms with van der Waals surface area (Å²) in [6.07, 6.45) is 1.74. The molecule has 1 saturated heterocycles. The van der Waals surface area contributed by atoms with Crippen LogP contribution in [0.5, 0.6) is 0 Å². The summed E-state index contributed by atoms with van der Waals surface area (Å²) in [6, 6.07) is 7.84. The van der Waals surface area contributed by atoms with Crippen LogP contribution in [0.4, 0.5) is 4.79 Å². The average molecular weight is 262 g/mol. The number of urea groups is 1. The fourth-order valence-electron chi connectivity index (χ4n) is 2.35. The summed E-state index contributed by atoms with van der Waals surface area (Å²) in [5.41, 5.74) is 1.90. The van der Waals surface area contributed by atoms with E-state index in [9.17, 15) is 4.79 Å². The normalized spacial score (nSPS) is 19.5. The van der Waals surface area contributed by atoms with Crippen molar-refractivity contribution in [2.75, 3.05) is 18.8 Å². The number of amides is 2. The van der Waals surface area contributed by atoms with Crippen molar-refractivity contribution < 1.29 is 9.21 Å². The maximum absolute atomic E-state index is 11.8. The molecule has 0 saturated carbocycles. The molecule has 0 radical (unpaired) electrons. The first-order chi connectivity index (χ1) is 8.79. The molecular formula is C13H14N2O2S. The Morgan fingerprint density at radius 1 is 1.44 bits per heavy atom. The van der Waals surface area contributed by atoms with Crippen LogP contribution >= 0.6 is 12.6 Å². The van der Waals surface area contributed by atoms with Crippen LogP contribution in [-0.4, -0.2) is 29.8 Å². The van der Waals surface area contributed by atoms with Gasteiger partial charge in [0.1, 0.15) is 5.58 Å². The highest BCUT2D eigenvalue weighted by Crippen LogP contribution is 2.29. The SMILES string of the molecule is O=C1NC(c2coc3ccccc23)CN1CCS. The molecule has 0 bridgehead atoms. The molecule has 4 nitrogen and oxygen atoms in total. The van der Waals surface area contributed by atoms with Crippen LogP contribution in [0.2, 0.25) is 0 Å². The number of carbonyl (C=O) groups excluding carboxylic acids is 1. The van der Waals surface area contributed by atoms with Gasteiger partial charge in [0.2, 0.25) is 0 Å². The molecular weight excluding hydrogens is 248 g/mol. The molecule has 3 rings (SSSR count). The fraction of sp³-hybridized carbons (Fsp3) is 0.308. The maximum Gasteiger partial charge on any atom is 0.318 e. The molecule has 1 atom stereocenters. The largest absolute Gasteiger partial charge is 0.464 e. The van der Waals surface area contributed by atoms with E-state index in [-0.39, 0.29) is 12.1 Å². The molecule has 1 aliphatic heterocycles. The second-order valence-corrected chi connectivity index (χ2v) is 4.81. The zero-order chi connectivity index (χ0) is 12.5. The van der Waals surface area contributed by atoms with Gasteiger partial charge in [-0.1, -0.05) is 18.2 Å². The number of benzene rings is 1. The molecule has 1 aromatic heterocycles. The van der Waals surface area contributed by atoms with Crippen molar-refractivity contribution in [2.45, 2.75) is 6.04 Å². The van der Waals surface area contributed by atoms with Crippen molar-refractivity contribution in [2.24, 2.45) is 0 Å². The molecule has 1 N–H and O–H groups in total.